The monoisotopic (exact) mass is 461 g/mol. The molecule has 2 aromatic carbocycles. The molecule has 174 valence electrons. The predicted octanol–water partition coefficient (Wildman–Crippen LogP) is 3.26. The highest BCUT2D eigenvalue weighted by molar-refractivity contribution is 7.89. The average Bonchev–Trinajstić information content (AvgIpc) is 2.79. The summed E-state index contributed by atoms with van der Waals surface area (Å²) >= 11 is 0. The van der Waals surface area contributed by atoms with Gasteiger partial charge in [-0.3, -0.25) is 9.59 Å². The molecule has 0 fully saturated rings. The van der Waals surface area contributed by atoms with Gasteiger partial charge in [-0.15, -0.1) is 0 Å². The summed E-state index contributed by atoms with van der Waals surface area (Å²) in [7, 11) is -2.04. The quantitative estimate of drug-likeness (QED) is 0.505. The number of ether oxygens (including phenoxy) is 1. The fourth-order valence-electron chi connectivity index (χ4n) is 3.09. The van der Waals surface area contributed by atoms with Crippen molar-refractivity contribution in [2.75, 3.05) is 32.1 Å². The second-order valence-corrected chi connectivity index (χ2v) is 9.15. The third kappa shape index (κ3) is 7.06. The molecule has 2 aromatic rings. The molecule has 2 amide bonds. The van der Waals surface area contributed by atoms with Crippen LogP contribution in [-0.4, -0.2) is 51.3 Å². The summed E-state index contributed by atoms with van der Waals surface area (Å²) in [5.41, 5.74) is 0.937. The maximum Gasteiger partial charge on any atom is 0.251 e. The zero-order chi connectivity index (χ0) is 23.6. The van der Waals surface area contributed by atoms with Gasteiger partial charge in [0.2, 0.25) is 15.9 Å². The normalized spacial score (nSPS) is 11.2. The number of hydrogen-bond acceptors (Lipinski definition) is 5. The van der Waals surface area contributed by atoms with E-state index in [0.717, 1.165) is 12.8 Å². The average molecular weight is 462 g/mol. The minimum Gasteiger partial charge on any atom is -0.497 e. The maximum absolute atomic E-state index is 12.8. The molecule has 0 spiro atoms. The van der Waals surface area contributed by atoms with Gasteiger partial charge in [0.05, 0.1) is 12.0 Å². The van der Waals surface area contributed by atoms with Gasteiger partial charge < -0.3 is 15.4 Å². The van der Waals surface area contributed by atoms with Crippen molar-refractivity contribution < 1.29 is 22.7 Å². The molecular formula is C23H31N3O5S. The van der Waals surface area contributed by atoms with Gasteiger partial charge in [0.25, 0.3) is 5.91 Å². The summed E-state index contributed by atoms with van der Waals surface area (Å²) in [6.45, 7) is 4.98. The van der Waals surface area contributed by atoms with E-state index in [1.165, 1.54) is 23.5 Å². The highest BCUT2D eigenvalue weighted by atomic mass is 32.2. The lowest BCUT2D eigenvalue weighted by molar-refractivity contribution is -0.116. The number of sulfonamides is 1. The number of anilines is 1. The van der Waals surface area contributed by atoms with Crippen molar-refractivity contribution in [3.8, 4) is 5.75 Å². The molecule has 0 saturated carbocycles. The predicted molar refractivity (Wildman–Crippen MR) is 124 cm³/mol. The molecule has 0 aliphatic carbocycles. The molecule has 2 N–H and O–H groups in total. The van der Waals surface area contributed by atoms with Crippen LogP contribution in [0.5, 0.6) is 5.75 Å². The Morgan fingerprint density at radius 1 is 1.00 bits per heavy atom. The van der Waals surface area contributed by atoms with Gasteiger partial charge in [-0.2, -0.15) is 4.31 Å². The fraction of sp³-hybridized carbons (Fsp3) is 0.391. The molecule has 0 aliphatic heterocycles. The molecule has 9 heteroatoms. The molecule has 8 nitrogen and oxygen atoms in total. The van der Waals surface area contributed by atoms with Gasteiger partial charge in [0.15, 0.2) is 0 Å². The molecule has 0 heterocycles. The molecule has 0 unspecified atom stereocenters. The number of amides is 2. The first kappa shape index (κ1) is 25.4. The van der Waals surface area contributed by atoms with Crippen LogP contribution in [0.15, 0.2) is 53.4 Å². The number of benzene rings is 2. The van der Waals surface area contributed by atoms with Crippen LogP contribution in [0.4, 0.5) is 5.69 Å². The Morgan fingerprint density at radius 3 is 2.25 bits per heavy atom. The van der Waals surface area contributed by atoms with Crippen molar-refractivity contribution in [2.45, 2.75) is 38.0 Å². The van der Waals surface area contributed by atoms with Crippen molar-refractivity contribution >= 4 is 27.5 Å². The van der Waals surface area contributed by atoms with Crippen LogP contribution in [-0.2, 0) is 14.8 Å². The number of hydrogen-bond donors (Lipinski definition) is 2. The zero-order valence-corrected chi connectivity index (χ0v) is 19.6. The Hall–Kier alpha value is -2.91. The second kappa shape index (κ2) is 12.2. The van der Waals surface area contributed by atoms with Crippen molar-refractivity contribution in [2.24, 2.45) is 0 Å². The Kier molecular flexibility index (Phi) is 9.67. The maximum atomic E-state index is 12.8. The van der Waals surface area contributed by atoms with E-state index in [2.05, 4.69) is 10.6 Å². The van der Waals surface area contributed by atoms with Crippen molar-refractivity contribution in [3.63, 3.8) is 0 Å². The number of carbonyl (C=O) groups excluding carboxylic acids is 2. The van der Waals surface area contributed by atoms with Crippen LogP contribution in [0.3, 0.4) is 0 Å². The largest absolute Gasteiger partial charge is 0.497 e. The minimum absolute atomic E-state index is 0.0799. The van der Waals surface area contributed by atoms with Crippen molar-refractivity contribution in [1.82, 2.24) is 9.62 Å². The molecular weight excluding hydrogens is 430 g/mol. The summed E-state index contributed by atoms with van der Waals surface area (Å²) in [5, 5.41) is 5.41. The highest BCUT2D eigenvalue weighted by Gasteiger charge is 2.22. The van der Waals surface area contributed by atoms with E-state index in [1.807, 2.05) is 13.8 Å². The van der Waals surface area contributed by atoms with E-state index in [1.54, 1.807) is 36.4 Å². The molecule has 0 saturated heterocycles. The van der Waals surface area contributed by atoms with Crippen molar-refractivity contribution in [3.05, 3.63) is 54.1 Å². The summed E-state index contributed by atoms with van der Waals surface area (Å²) in [6, 6.07) is 12.9. The van der Waals surface area contributed by atoms with Crippen LogP contribution < -0.4 is 15.4 Å². The number of nitrogens with zero attached hydrogens (tertiary/aromatic N) is 1. The van der Waals surface area contributed by atoms with Crippen LogP contribution in [0, 0.1) is 0 Å². The molecule has 0 atom stereocenters. The Morgan fingerprint density at radius 2 is 1.66 bits per heavy atom. The Bertz CT molecular complexity index is 1000. The van der Waals surface area contributed by atoms with E-state index < -0.39 is 10.0 Å². The molecule has 32 heavy (non-hydrogen) atoms. The summed E-state index contributed by atoms with van der Waals surface area (Å²) < 4.78 is 32.2. The third-order valence-corrected chi connectivity index (χ3v) is 6.60. The van der Waals surface area contributed by atoms with Crippen LogP contribution in [0.1, 0.15) is 43.5 Å². The van der Waals surface area contributed by atoms with Gasteiger partial charge >= 0.3 is 0 Å². The van der Waals surface area contributed by atoms with Gasteiger partial charge in [-0.1, -0.05) is 19.9 Å². The first-order valence-corrected chi connectivity index (χ1v) is 12.1. The van der Waals surface area contributed by atoms with E-state index in [0.29, 0.717) is 30.1 Å². The second-order valence-electron chi connectivity index (χ2n) is 7.21. The summed E-state index contributed by atoms with van der Waals surface area (Å²) in [4.78, 5) is 24.6. The van der Waals surface area contributed by atoms with E-state index in [-0.39, 0.29) is 29.7 Å². The lowest BCUT2D eigenvalue weighted by atomic mass is 10.2. The molecule has 0 bridgehead atoms. The SMILES string of the molecule is CCCN(CCC)S(=O)(=O)c1ccc(NC(=O)CCNC(=O)c2cccc(OC)c2)cc1. The van der Waals surface area contributed by atoms with E-state index >= 15 is 0 Å². The third-order valence-electron chi connectivity index (χ3n) is 4.69. The lowest BCUT2D eigenvalue weighted by Gasteiger charge is -2.21. The summed E-state index contributed by atoms with van der Waals surface area (Å²) in [5.74, 6) is -0.00604. The smallest absolute Gasteiger partial charge is 0.251 e. The van der Waals surface area contributed by atoms with Gasteiger partial charge in [-0.05, 0) is 55.3 Å². The zero-order valence-electron chi connectivity index (χ0n) is 18.8. The number of methoxy groups -OCH3 is 1. The van der Waals surface area contributed by atoms with E-state index in [9.17, 15) is 18.0 Å². The first-order chi connectivity index (χ1) is 15.3. The number of nitrogens with one attached hydrogen (secondary N) is 2. The van der Waals surface area contributed by atoms with E-state index in [4.69, 9.17) is 4.74 Å². The standard InChI is InChI=1S/C23H31N3O5S/c1-4-15-26(16-5-2)32(29,30)21-11-9-19(10-12-21)25-22(27)13-14-24-23(28)18-7-6-8-20(17-18)31-3/h6-12,17H,4-5,13-16H2,1-3H3,(H,24,28)(H,25,27). The van der Waals surface area contributed by atoms with Gasteiger partial charge in [0, 0.05) is 37.3 Å². The topological polar surface area (TPSA) is 105 Å². The van der Waals surface area contributed by atoms with Gasteiger partial charge in [0.1, 0.15) is 5.75 Å². The van der Waals surface area contributed by atoms with Crippen molar-refractivity contribution in [1.29, 1.82) is 0 Å². The molecule has 0 aromatic heterocycles. The van der Waals surface area contributed by atoms with Crippen LogP contribution in [0.2, 0.25) is 0 Å². The Labute approximate surface area is 190 Å². The molecule has 0 radical (unpaired) electrons. The highest BCUT2D eigenvalue weighted by Crippen LogP contribution is 2.19. The van der Waals surface area contributed by atoms with Crippen LogP contribution >= 0.6 is 0 Å². The van der Waals surface area contributed by atoms with Gasteiger partial charge in [-0.25, -0.2) is 8.42 Å². The lowest BCUT2D eigenvalue weighted by Crippen LogP contribution is -2.32. The molecule has 2 rings (SSSR count). The first-order valence-electron chi connectivity index (χ1n) is 10.6. The number of carbonyl (C=O) groups is 2. The fourth-order valence-corrected chi connectivity index (χ4v) is 4.71. The number of rotatable bonds is 12. The Balaban J connectivity index is 1.89. The molecule has 0 aliphatic rings. The summed E-state index contributed by atoms with van der Waals surface area (Å²) in [6.07, 6.45) is 1.56. The van der Waals surface area contributed by atoms with Crippen LogP contribution in [0.25, 0.3) is 0 Å². The minimum atomic E-state index is -3.56.